The second-order valence-electron chi connectivity index (χ2n) is 8.09. The summed E-state index contributed by atoms with van der Waals surface area (Å²) in [6.07, 6.45) is -6.37. The fourth-order valence-corrected chi connectivity index (χ4v) is 4.13. The van der Waals surface area contributed by atoms with Gasteiger partial charge < -0.3 is 9.47 Å². The lowest BCUT2D eigenvalue weighted by Gasteiger charge is -2.24. The summed E-state index contributed by atoms with van der Waals surface area (Å²) in [6.45, 7) is 5.62. The summed E-state index contributed by atoms with van der Waals surface area (Å²) in [5, 5.41) is 0. The molecule has 0 fully saturated rings. The minimum absolute atomic E-state index is 0.318. The van der Waals surface area contributed by atoms with Crippen molar-refractivity contribution in [3.05, 3.63) is 63.6 Å². The van der Waals surface area contributed by atoms with Gasteiger partial charge in [0.25, 0.3) is 6.43 Å². The van der Waals surface area contributed by atoms with Gasteiger partial charge >= 0.3 is 18.1 Å². The third-order valence-corrected chi connectivity index (χ3v) is 5.91. The molecule has 40 heavy (non-hydrogen) atoms. The van der Waals surface area contributed by atoms with E-state index >= 15 is 0 Å². The number of esters is 2. The van der Waals surface area contributed by atoms with E-state index in [0.29, 0.717) is 29.7 Å². The van der Waals surface area contributed by atoms with Crippen LogP contribution in [0.25, 0.3) is 6.08 Å². The molecule has 218 valence electrons. The van der Waals surface area contributed by atoms with Crippen LogP contribution < -0.4 is 4.90 Å². The Bertz CT molecular complexity index is 1260. The van der Waals surface area contributed by atoms with E-state index in [9.17, 15) is 36.3 Å². The first kappa shape index (κ1) is 32.7. The summed E-state index contributed by atoms with van der Waals surface area (Å²) in [7, 11) is 0. The quantitative estimate of drug-likeness (QED) is 0.163. The van der Waals surface area contributed by atoms with Crippen LogP contribution in [0.4, 0.5) is 27.6 Å². The minimum Gasteiger partial charge on any atom is -0.462 e. The number of hydrogen-bond donors (Lipinski definition) is 0. The van der Waals surface area contributed by atoms with E-state index in [1.165, 1.54) is 13.8 Å². The highest BCUT2D eigenvalue weighted by atomic mass is 35.5. The topological polar surface area (TPSA) is 85.8 Å². The molecule has 0 aliphatic carbocycles. The van der Waals surface area contributed by atoms with E-state index < -0.39 is 64.4 Å². The summed E-state index contributed by atoms with van der Waals surface area (Å²) in [4.78, 5) is 42.6. The molecule has 0 radical (unpaired) electrons. The number of alkyl halides is 6. The lowest BCUT2D eigenvalue weighted by atomic mass is 9.96. The summed E-state index contributed by atoms with van der Waals surface area (Å²) in [5.41, 5.74) is -5.03. The number of carbonyl (C=O) groups excluding carboxylic acids is 3. The summed E-state index contributed by atoms with van der Waals surface area (Å²) < 4.78 is 79.9. The average Bonchev–Trinajstić information content (AvgIpc) is 2.91. The molecule has 0 saturated carbocycles. The van der Waals surface area contributed by atoms with Crippen LogP contribution in [0, 0.1) is 0 Å². The van der Waals surface area contributed by atoms with Gasteiger partial charge in [0.1, 0.15) is 11.6 Å². The number of hydrogen-bond acceptors (Lipinski definition) is 6. The largest absolute Gasteiger partial charge is 0.462 e. The van der Waals surface area contributed by atoms with Crippen LogP contribution in [-0.4, -0.2) is 41.9 Å². The highest BCUT2D eigenvalue weighted by Gasteiger charge is 2.43. The highest BCUT2D eigenvalue weighted by molar-refractivity contribution is 6.29. The third kappa shape index (κ3) is 7.15. The monoisotopic (exact) mass is 590 g/mol. The van der Waals surface area contributed by atoms with Crippen molar-refractivity contribution in [3.63, 3.8) is 0 Å². The first-order chi connectivity index (χ1) is 18.9. The van der Waals surface area contributed by atoms with E-state index in [-0.39, 0.29) is 13.2 Å². The van der Waals surface area contributed by atoms with Crippen molar-refractivity contribution in [1.82, 2.24) is 4.98 Å². The molecular formula is C27H28ClF5N2O5. The smallest absolute Gasteiger partial charge is 0.434 e. The number of aryl methyl sites for hydroxylation is 2. The van der Waals surface area contributed by atoms with Gasteiger partial charge in [-0.05, 0) is 43.9 Å². The Hall–Kier alpha value is -3.54. The Morgan fingerprint density at radius 1 is 0.975 bits per heavy atom. The summed E-state index contributed by atoms with van der Waals surface area (Å²) in [6, 6.07) is 5.22. The second-order valence-corrected chi connectivity index (χ2v) is 8.36. The number of pyridine rings is 1. The van der Waals surface area contributed by atoms with Gasteiger partial charge in [-0.3, -0.25) is 9.69 Å². The van der Waals surface area contributed by atoms with Crippen molar-refractivity contribution in [2.24, 2.45) is 0 Å². The molecule has 1 amide bonds. The molecule has 1 heterocycles. The Morgan fingerprint density at radius 2 is 1.50 bits per heavy atom. The van der Waals surface area contributed by atoms with Gasteiger partial charge in [-0.1, -0.05) is 32.0 Å². The molecule has 1 aromatic heterocycles. The number of carbonyl (C=O) groups is 3. The van der Waals surface area contributed by atoms with E-state index in [0.717, 1.165) is 17.2 Å². The zero-order chi connectivity index (χ0) is 30.2. The number of nitrogens with zero attached hydrogens (tertiary/aromatic N) is 2. The van der Waals surface area contributed by atoms with Gasteiger partial charge in [0.05, 0.1) is 30.0 Å². The Morgan fingerprint density at radius 3 is 1.93 bits per heavy atom. The molecule has 0 spiro atoms. The number of para-hydroxylation sites is 1. The number of rotatable bonds is 11. The van der Waals surface area contributed by atoms with Gasteiger partial charge in [0, 0.05) is 11.8 Å². The zero-order valence-electron chi connectivity index (χ0n) is 22.2. The van der Waals surface area contributed by atoms with Crippen molar-refractivity contribution >= 4 is 41.2 Å². The van der Waals surface area contributed by atoms with Gasteiger partial charge in [-0.2, -0.15) is 13.2 Å². The van der Waals surface area contributed by atoms with Gasteiger partial charge in [-0.25, -0.2) is 23.4 Å². The predicted molar refractivity (Wildman–Crippen MR) is 139 cm³/mol. The fraction of sp³-hybridized carbons (Fsp3) is 0.407. The molecule has 0 bridgehead atoms. The number of benzene rings is 1. The van der Waals surface area contributed by atoms with E-state index in [1.54, 1.807) is 18.2 Å². The maximum absolute atomic E-state index is 14.1. The Kier molecular flexibility index (Phi) is 11.6. The predicted octanol–water partition coefficient (Wildman–Crippen LogP) is 6.76. The van der Waals surface area contributed by atoms with E-state index in [4.69, 9.17) is 21.1 Å². The molecule has 0 unspecified atom stereocenters. The van der Waals surface area contributed by atoms with Crippen LogP contribution in [0.5, 0.6) is 0 Å². The molecule has 0 aliphatic rings. The third-order valence-electron chi connectivity index (χ3n) is 5.68. The molecule has 0 atom stereocenters. The highest BCUT2D eigenvalue weighted by Crippen LogP contribution is 2.38. The number of aromatic nitrogens is 1. The normalized spacial score (nSPS) is 11.7. The number of ether oxygens (including phenoxy) is 2. The molecule has 2 rings (SSSR count). The molecule has 13 heteroatoms. The van der Waals surface area contributed by atoms with Crippen molar-refractivity contribution in [1.29, 1.82) is 0 Å². The van der Waals surface area contributed by atoms with E-state index in [2.05, 4.69) is 4.98 Å². The van der Waals surface area contributed by atoms with Crippen LogP contribution in [-0.2, 0) is 33.3 Å². The molecule has 7 nitrogen and oxygen atoms in total. The standard InChI is InChI=1S/C27H28ClF5N2O5/c1-5-15-10-9-11-16(6-2)22(15)35(18(36)14-28)13-12-17-19(25(37)39-7-3)21(24(29)30)34-23(27(31,32)33)20(17)26(38)40-8-4/h9-13,24H,5-8,14H2,1-4H3/b13-12+. The minimum atomic E-state index is -5.39. The van der Waals surface area contributed by atoms with Crippen LogP contribution in [0.1, 0.15) is 82.9 Å². The fourth-order valence-electron chi connectivity index (χ4n) is 4.00. The first-order valence-corrected chi connectivity index (χ1v) is 12.8. The molecule has 0 saturated heterocycles. The maximum Gasteiger partial charge on any atom is 0.434 e. The summed E-state index contributed by atoms with van der Waals surface area (Å²) >= 11 is 5.84. The van der Waals surface area contributed by atoms with E-state index in [1.807, 2.05) is 13.8 Å². The molecular weight excluding hydrogens is 563 g/mol. The van der Waals surface area contributed by atoms with Crippen LogP contribution in [0.3, 0.4) is 0 Å². The first-order valence-electron chi connectivity index (χ1n) is 12.3. The SMILES string of the molecule is CCOC(=O)c1c(C(F)F)nc(C(F)(F)F)c(C(=O)OCC)c1/C=C/N(C(=O)CCl)c1c(CC)cccc1CC. The number of anilines is 1. The maximum atomic E-state index is 14.1. The van der Waals surface area contributed by atoms with Crippen molar-refractivity contribution < 1.29 is 45.8 Å². The van der Waals surface area contributed by atoms with Gasteiger partial charge in [-0.15, -0.1) is 11.6 Å². The Balaban J connectivity index is 3.08. The van der Waals surface area contributed by atoms with Crippen LogP contribution >= 0.6 is 11.6 Å². The van der Waals surface area contributed by atoms with Crippen molar-refractivity contribution in [2.45, 2.75) is 53.1 Å². The lowest BCUT2D eigenvalue weighted by molar-refractivity contribution is -0.142. The zero-order valence-corrected chi connectivity index (χ0v) is 23.0. The van der Waals surface area contributed by atoms with Gasteiger partial charge in [0.15, 0.2) is 5.69 Å². The Labute approximate surface area is 232 Å². The molecule has 0 aliphatic heterocycles. The molecule has 1 aromatic carbocycles. The lowest BCUT2D eigenvalue weighted by Crippen LogP contribution is -2.29. The molecule has 0 N–H and O–H groups in total. The molecule has 2 aromatic rings. The van der Waals surface area contributed by atoms with Crippen LogP contribution in [0.2, 0.25) is 0 Å². The number of halogens is 6. The summed E-state index contributed by atoms with van der Waals surface area (Å²) in [5.74, 6) is -4.26. The van der Waals surface area contributed by atoms with Crippen molar-refractivity contribution in [2.75, 3.05) is 24.0 Å². The average molecular weight is 591 g/mol. The number of amides is 1. The van der Waals surface area contributed by atoms with Crippen LogP contribution in [0.15, 0.2) is 24.4 Å². The van der Waals surface area contributed by atoms with Crippen molar-refractivity contribution in [3.8, 4) is 0 Å². The second kappa shape index (κ2) is 14.2. The van der Waals surface area contributed by atoms with Gasteiger partial charge in [0.2, 0.25) is 5.91 Å².